The van der Waals surface area contributed by atoms with Gasteiger partial charge in [-0.15, -0.1) is 0 Å². The first-order valence-corrected chi connectivity index (χ1v) is 7.40. The Balaban J connectivity index is 2.36. The van der Waals surface area contributed by atoms with Gasteiger partial charge < -0.3 is 14.8 Å². The van der Waals surface area contributed by atoms with E-state index in [4.69, 9.17) is 9.47 Å². The van der Waals surface area contributed by atoms with Crippen molar-refractivity contribution >= 4 is 5.82 Å². The van der Waals surface area contributed by atoms with Crippen molar-refractivity contribution in [2.24, 2.45) is 0 Å². The van der Waals surface area contributed by atoms with Crippen LogP contribution < -0.4 is 5.32 Å². The van der Waals surface area contributed by atoms with Crippen molar-refractivity contribution in [2.45, 2.75) is 51.2 Å². The van der Waals surface area contributed by atoms with Gasteiger partial charge in [-0.1, -0.05) is 19.3 Å². The first-order chi connectivity index (χ1) is 9.74. The van der Waals surface area contributed by atoms with E-state index in [1.165, 1.54) is 19.3 Å². The molecule has 0 radical (unpaired) electrons. The Kier molecular flexibility index (Phi) is 5.31. The average Bonchev–Trinajstić information content (AvgIpc) is 2.48. The molecule has 5 nitrogen and oxygen atoms in total. The van der Waals surface area contributed by atoms with Crippen LogP contribution in [0.4, 0.5) is 5.82 Å². The predicted molar refractivity (Wildman–Crippen MR) is 78.7 cm³/mol. The molecule has 20 heavy (non-hydrogen) atoms. The minimum absolute atomic E-state index is 0.327. The van der Waals surface area contributed by atoms with Gasteiger partial charge in [0.05, 0.1) is 12.3 Å². The maximum Gasteiger partial charge on any atom is 0.162 e. The number of anilines is 1. The zero-order chi connectivity index (χ0) is 14.4. The second-order valence-corrected chi connectivity index (χ2v) is 5.29. The Morgan fingerprint density at radius 2 is 1.95 bits per heavy atom. The van der Waals surface area contributed by atoms with Crippen molar-refractivity contribution < 1.29 is 9.47 Å². The van der Waals surface area contributed by atoms with E-state index in [-0.39, 0.29) is 5.60 Å². The Morgan fingerprint density at radius 1 is 1.20 bits per heavy atom. The number of rotatable bonds is 6. The molecule has 0 aliphatic heterocycles. The lowest BCUT2D eigenvalue weighted by atomic mass is 9.84. The minimum Gasteiger partial charge on any atom is -0.378 e. The van der Waals surface area contributed by atoms with Gasteiger partial charge in [0.15, 0.2) is 5.82 Å². The molecular formula is C15H25N3O2. The highest BCUT2D eigenvalue weighted by Crippen LogP contribution is 2.38. The van der Waals surface area contributed by atoms with Crippen LogP contribution in [-0.2, 0) is 21.7 Å². The fourth-order valence-electron chi connectivity index (χ4n) is 2.84. The summed E-state index contributed by atoms with van der Waals surface area (Å²) in [5.41, 5.74) is 0.571. The molecule has 0 amide bonds. The maximum absolute atomic E-state index is 5.84. The number of hydrogen-bond donors (Lipinski definition) is 1. The summed E-state index contributed by atoms with van der Waals surface area (Å²) in [6, 6.07) is 1.95. The topological polar surface area (TPSA) is 56.3 Å². The Labute approximate surface area is 121 Å². The van der Waals surface area contributed by atoms with Gasteiger partial charge in [0.25, 0.3) is 0 Å². The number of aromatic nitrogens is 2. The van der Waals surface area contributed by atoms with Crippen molar-refractivity contribution in [1.29, 1.82) is 0 Å². The molecule has 0 aromatic carbocycles. The normalized spacial score (nSPS) is 17.9. The molecule has 1 aromatic rings. The largest absolute Gasteiger partial charge is 0.378 e. The second-order valence-electron chi connectivity index (χ2n) is 5.29. The summed E-state index contributed by atoms with van der Waals surface area (Å²) in [6.07, 6.45) is 5.59. The van der Waals surface area contributed by atoms with E-state index < -0.39 is 0 Å². The van der Waals surface area contributed by atoms with Gasteiger partial charge in [-0.05, 0) is 19.8 Å². The monoisotopic (exact) mass is 279 g/mol. The highest BCUT2D eigenvalue weighted by atomic mass is 16.5. The van der Waals surface area contributed by atoms with Crippen molar-refractivity contribution in [3.05, 3.63) is 17.6 Å². The van der Waals surface area contributed by atoms with Gasteiger partial charge in [-0.2, -0.15) is 0 Å². The molecule has 5 heteroatoms. The summed E-state index contributed by atoms with van der Waals surface area (Å²) < 4.78 is 11.0. The Morgan fingerprint density at radius 3 is 2.55 bits per heavy atom. The number of hydrogen-bond acceptors (Lipinski definition) is 5. The zero-order valence-corrected chi connectivity index (χ0v) is 12.7. The molecule has 0 atom stereocenters. The lowest BCUT2D eigenvalue weighted by Gasteiger charge is -2.34. The number of ether oxygens (including phenoxy) is 2. The predicted octanol–water partition coefficient (Wildman–Crippen LogP) is 2.86. The van der Waals surface area contributed by atoms with Crippen LogP contribution in [0.2, 0.25) is 0 Å². The number of methoxy groups -OCH3 is 2. The molecule has 1 N–H and O–H groups in total. The van der Waals surface area contributed by atoms with E-state index in [0.717, 1.165) is 36.7 Å². The van der Waals surface area contributed by atoms with Crippen LogP contribution in [0.3, 0.4) is 0 Å². The lowest BCUT2D eigenvalue weighted by Crippen LogP contribution is -2.34. The van der Waals surface area contributed by atoms with Crippen LogP contribution in [0.1, 0.15) is 50.5 Å². The molecule has 112 valence electrons. The summed E-state index contributed by atoms with van der Waals surface area (Å²) in [4.78, 5) is 9.34. The molecule has 1 saturated carbocycles. The lowest BCUT2D eigenvalue weighted by molar-refractivity contribution is -0.0517. The van der Waals surface area contributed by atoms with Gasteiger partial charge in [0, 0.05) is 26.8 Å². The molecular weight excluding hydrogens is 254 g/mol. The van der Waals surface area contributed by atoms with Gasteiger partial charge in [0.1, 0.15) is 11.4 Å². The first-order valence-electron chi connectivity index (χ1n) is 7.40. The SMILES string of the molecule is CCNc1cc(COC)nc(C2(OC)CCCCC2)n1. The molecule has 2 rings (SSSR count). The van der Waals surface area contributed by atoms with Crippen molar-refractivity contribution in [1.82, 2.24) is 9.97 Å². The molecule has 1 aromatic heterocycles. The standard InChI is InChI=1S/C15H25N3O2/c1-4-16-13-10-12(11-19-2)17-14(18-13)15(20-3)8-6-5-7-9-15/h10H,4-9,11H2,1-3H3,(H,16,17,18). The van der Waals surface area contributed by atoms with Crippen LogP contribution in [-0.4, -0.2) is 30.7 Å². The molecule has 1 aliphatic rings. The van der Waals surface area contributed by atoms with Crippen molar-refractivity contribution in [3.8, 4) is 0 Å². The summed E-state index contributed by atoms with van der Waals surface area (Å²) in [5.74, 6) is 1.65. The van der Waals surface area contributed by atoms with Gasteiger partial charge in [0.2, 0.25) is 0 Å². The van der Waals surface area contributed by atoms with Crippen LogP contribution in [0.25, 0.3) is 0 Å². The Hall–Kier alpha value is -1.20. The van der Waals surface area contributed by atoms with Gasteiger partial charge in [-0.25, -0.2) is 9.97 Å². The molecule has 0 saturated heterocycles. The quantitative estimate of drug-likeness (QED) is 0.867. The third-order valence-electron chi connectivity index (χ3n) is 3.89. The Bertz CT molecular complexity index is 407. The first kappa shape index (κ1) is 15.2. The molecule has 0 spiro atoms. The summed E-state index contributed by atoms with van der Waals surface area (Å²) >= 11 is 0. The molecule has 0 bridgehead atoms. The van der Waals surface area contributed by atoms with Crippen LogP contribution in [0.5, 0.6) is 0 Å². The number of nitrogens with zero attached hydrogens (tertiary/aromatic N) is 2. The molecule has 1 fully saturated rings. The summed E-state index contributed by atoms with van der Waals surface area (Å²) in [6.45, 7) is 3.39. The molecule has 1 aliphatic carbocycles. The maximum atomic E-state index is 5.84. The van der Waals surface area contributed by atoms with Crippen LogP contribution in [0, 0.1) is 0 Å². The van der Waals surface area contributed by atoms with Crippen molar-refractivity contribution in [3.63, 3.8) is 0 Å². The summed E-state index contributed by atoms with van der Waals surface area (Å²) in [7, 11) is 3.45. The van der Waals surface area contributed by atoms with Crippen LogP contribution in [0.15, 0.2) is 6.07 Å². The third-order valence-corrected chi connectivity index (χ3v) is 3.89. The smallest absolute Gasteiger partial charge is 0.162 e. The molecule has 0 unspecified atom stereocenters. The van der Waals surface area contributed by atoms with Gasteiger partial charge >= 0.3 is 0 Å². The fraction of sp³-hybridized carbons (Fsp3) is 0.733. The minimum atomic E-state index is -0.327. The third kappa shape index (κ3) is 3.27. The van der Waals surface area contributed by atoms with E-state index in [9.17, 15) is 0 Å². The van der Waals surface area contributed by atoms with E-state index in [1.54, 1.807) is 14.2 Å². The second kappa shape index (κ2) is 6.99. The number of nitrogens with one attached hydrogen (secondary N) is 1. The summed E-state index contributed by atoms with van der Waals surface area (Å²) in [5, 5.41) is 3.26. The average molecular weight is 279 g/mol. The van der Waals surface area contributed by atoms with Crippen LogP contribution >= 0.6 is 0 Å². The zero-order valence-electron chi connectivity index (χ0n) is 12.7. The van der Waals surface area contributed by atoms with E-state index in [0.29, 0.717) is 6.61 Å². The van der Waals surface area contributed by atoms with Gasteiger partial charge in [-0.3, -0.25) is 0 Å². The highest BCUT2D eigenvalue weighted by molar-refractivity contribution is 5.36. The fourth-order valence-corrected chi connectivity index (χ4v) is 2.84. The highest BCUT2D eigenvalue weighted by Gasteiger charge is 2.37. The van der Waals surface area contributed by atoms with Crippen molar-refractivity contribution in [2.75, 3.05) is 26.1 Å². The van der Waals surface area contributed by atoms with E-state index in [1.807, 2.05) is 6.07 Å². The van der Waals surface area contributed by atoms with E-state index in [2.05, 4.69) is 22.2 Å². The van der Waals surface area contributed by atoms with E-state index >= 15 is 0 Å². The molecule has 1 heterocycles.